The molecule has 2 saturated heterocycles. The Labute approximate surface area is 168 Å². The first-order chi connectivity index (χ1) is 14.1. The van der Waals surface area contributed by atoms with Crippen LogP contribution in [0.4, 0.5) is 11.6 Å². The van der Waals surface area contributed by atoms with E-state index in [1.807, 2.05) is 19.1 Å². The lowest BCUT2D eigenvalue weighted by Crippen LogP contribution is -2.42. The first-order valence-electron chi connectivity index (χ1n) is 10.1. The standard InChI is InChI=1S/C20H27N5O4/c1-14(15-3-2-4-17(13-15)24-7-11-29-12-8-24)21-18-22-19(26)25(20(27)23-18)16-5-9-28-10-6-16/h2-4,13-14,16H,5-12H2,1H3,(H2,21,22,23,26,27)/t14-/m0/s1. The Balaban J connectivity index is 1.50. The van der Waals surface area contributed by atoms with Crippen LogP contribution in [0.1, 0.15) is 37.4 Å². The van der Waals surface area contributed by atoms with Crippen LogP contribution in [-0.2, 0) is 9.47 Å². The van der Waals surface area contributed by atoms with Gasteiger partial charge in [-0.15, -0.1) is 0 Å². The number of morpholine rings is 1. The normalized spacial score (nSPS) is 19.1. The van der Waals surface area contributed by atoms with E-state index in [0.29, 0.717) is 26.1 Å². The Morgan fingerprint density at radius 1 is 1.14 bits per heavy atom. The molecule has 0 aliphatic carbocycles. The van der Waals surface area contributed by atoms with Crippen molar-refractivity contribution >= 4 is 11.6 Å². The fourth-order valence-corrected chi connectivity index (χ4v) is 3.86. The number of aromatic amines is 1. The molecule has 2 fully saturated rings. The molecule has 156 valence electrons. The molecule has 0 saturated carbocycles. The number of hydrogen-bond donors (Lipinski definition) is 2. The van der Waals surface area contributed by atoms with E-state index >= 15 is 0 Å². The molecule has 29 heavy (non-hydrogen) atoms. The van der Waals surface area contributed by atoms with Gasteiger partial charge in [-0.05, 0) is 37.5 Å². The van der Waals surface area contributed by atoms with Gasteiger partial charge in [0.05, 0.1) is 19.3 Å². The van der Waals surface area contributed by atoms with E-state index in [1.54, 1.807) is 0 Å². The molecule has 0 bridgehead atoms. The number of H-pyrrole nitrogens is 1. The van der Waals surface area contributed by atoms with Gasteiger partial charge in [0.15, 0.2) is 0 Å². The second kappa shape index (κ2) is 8.79. The number of nitrogens with one attached hydrogen (secondary N) is 2. The van der Waals surface area contributed by atoms with Gasteiger partial charge in [0.25, 0.3) is 0 Å². The lowest BCUT2D eigenvalue weighted by Gasteiger charge is -2.29. The third-order valence-corrected chi connectivity index (χ3v) is 5.51. The summed E-state index contributed by atoms with van der Waals surface area (Å²) in [6.07, 6.45) is 1.28. The molecule has 1 aromatic heterocycles. The molecule has 1 aromatic carbocycles. The molecule has 3 heterocycles. The van der Waals surface area contributed by atoms with E-state index in [0.717, 1.165) is 37.6 Å². The van der Waals surface area contributed by atoms with Crippen molar-refractivity contribution in [3.63, 3.8) is 0 Å². The van der Waals surface area contributed by atoms with E-state index in [-0.39, 0.29) is 18.0 Å². The van der Waals surface area contributed by atoms with Gasteiger partial charge in [-0.25, -0.2) is 14.2 Å². The summed E-state index contributed by atoms with van der Waals surface area (Å²) in [6.45, 7) is 6.26. The maximum Gasteiger partial charge on any atom is 0.355 e. The number of ether oxygens (including phenoxy) is 2. The van der Waals surface area contributed by atoms with Crippen LogP contribution in [0.15, 0.2) is 33.9 Å². The molecule has 0 amide bonds. The average Bonchev–Trinajstić information content (AvgIpc) is 2.75. The Hall–Kier alpha value is -2.65. The third kappa shape index (κ3) is 4.51. The third-order valence-electron chi connectivity index (χ3n) is 5.51. The zero-order valence-corrected chi connectivity index (χ0v) is 16.6. The van der Waals surface area contributed by atoms with Gasteiger partial charge < -0.3 is 19.7 Å². The zero-order valence-electron chi connectivity index (χ0n) is 16.6. The number of anilines is 2. The summed E-state index contributed by atoms with van der Waals surface area (Å²) in [6, 6.07) is 7.93. The monoisotopic (exact) mass is 401 g/mol. The first kappa shape index (κ1) is 19.7. The highest BCUT2D eigenvalue weighted by molar-refractivity contribution is 5.50. The van der Waals surface area contributed by atoms with Crippen molar-refractivity contribution in [3.05, 3.63) is 50.8 Å². The van der Waals surface area contributed by atoms with Gasteiger partial charge in [-0.3, -0.25) is 4.98 Å². The number of aromatic nitrogens is 3. The number of hydrogen-bond acceptors (Lipinski definition) is 7. The molecule has 9 heteroatoms. The van der Waals surface area contributed by atoms with Crippen molar-refractivity contribution in [1.29, 1.82) is 0 Å². The maximum absolute atomic E-state index is 12.5. The summed E-state index contributed by atoms with van der Waals surface area (Å²) in [7, 11) is 0. The molecule has 2 aliphatic heterocycles. The average molecular weight is 401 g/mol. The second-order valence-corrected chi connectivity index (χ2v) is 7.45. The lowest BCUT2D eigenvalue weighted by atomic mass is 10.1. The van der Waals surface area contributed by atoms with Crippen molar-refractivity contribution in [3.8, 4) is 0 Å². The summed E-state index contributed by atoms with van der Waals surface area (Å²) < 4.78 is 11.9. The molecule has 2 aliphatic rings. The summed E-state index contributed by atoms with van der Waals surface area (Å²) >= 11 is 0. The van der Waals surface area contributed by atoms with E-state index in [2.05, 4.69) is 32.3 Å². The van der Waals surface area contributed by atoms with E-state index in [1.165, 1.54) is 4.57 Å². The van der Waals surface area contributed by atoms with E-state index in [9.17, 15) is 9.59 Å². The fourth-order valence-electron chi connectivity index (χ4n) is 3.86. The second-order valence-electron chi connectivity index (χ2n) is 7.45. The van der Waals surface area contributed by atoms with Crippen LogP contribution < -0.4 is 21.6 Å². The minimum absolute atomic E-state index is 0.127. The Morgan fingerprint density at radius 3 is 2.59 bits per heavy atom. The topological polar surface area (TPSA) is 101 Å². The minimum atomic E-state index is -0.530. The van der Waals surface area contributed by atoms with Crippen LogP contribution in [0, 0.1) is 0 Å². The maximum atomic E-state index is 12.5. The molecule has 0 unspecified atom stereocenters. The highest BCUT2D eigenvalue weighted by atomic mass is 16.5. The highest BCUT2D eigenvalue weighted by Crippen LogP contribution is 2.23. The smallest absolute Gasteiger partial charge is 0.355 e. The molecule has 0 spiro atoms. The van der Waals surface area contributed by atoms with Crippen LogP contribution in [0.25, 0.3) is 0 Å². The number of benzene rings is 1. The summed E-state index contributed by atoms with van der Waals surface area (Å²) in [5.74, 6) is 0.188. The largest absolute Gasteiger partial charge is 0.381 e. The molecule has 9 nitrogen and oxygen atoms in total. The molecular formula is C20H27N5O4. The quantitative estimate of drug-likeness (QED) is 0.778. The van der Waals surface area contributed by atoms with Gasteiger partial charge in [0.1, 0.15) is 0 Å². The molecule has 2 aromatic rings. The van der Waals surface area contributed by atoms with Gasteiger partial charge >= 0.3 is 11.4 Å². The van der Waals surface area contributed by atoms with Gasteiger partial charge in [-0.1, -0.05) is 12.1 Å². The highest BCUT2D eigenvalue weighted by Gasteiger charge is 2.21. The van der Waals surface area contributed by atoms with Crippen molar-refractivity contribution in [2.24, 2.45) is 0 Å². The SMILES string of the molecule is C[C@H](Nc1nc(=O)n(C2CCOCC2)c(=O)[nH]1)c1cccc(N2CCOCC2)c1. The van der Waals surface area contributed by atoms with Crippen LogP contribution >= 0.6 is 0 Å². The van der Waals surface area contributed by atoms with Crippen molar-refractivity contribution in [1.82, 2.24) is 14.5 Å². The summed E-state index contributed by atoms with van der Waals surface area (Å²) in [5, 5.41) is 3.15. The summed E-state index contributed by atoms with van der Waals surface area (Å²) in [4.78, 5) is 34.0. The van der Waals surface area contributed by atoms with Gasteiger partial charge in [-0.2, -0.15) is 4.98 Å². The fraction of sp³-hybridized carbons (Fsp3) is 0.550. The molecule has 1 atom stereocenters. The molecule has 4 rings (SSSR count). The lowest BCUT2D eigenvalue weighted by molar-refractivity contribution is 0.0670. The van der Waals surface area contributed by atoms with Crippen molar-refractivity contribution < 1.29 is 9.47 Å². The minimum Gasteiger partial charge on any atom is -0.381 e. The van der Waals surface area contributed by atoms with Gasteiger partial charge in [0, 0.05) is 38.0 Å². The van der Waals surface area contributed by atoms with E-state index < -0.39 is 11.4 Å². The Morgan fingerprint density at radius 2 is 1.86 bits per heavy atom. The van der Waals surface area contributed by atoms with Gasteiger partial charge in [0.2, 0.25) is 5.95 Å². The summed E-state index contributed by atoms with van der Waals surface area (Å²) in [5.41, 5.74) is 1.21. The van der Waals surface area contributed by atoms with Crippen molar-refractivity contribution in [2.75, 3.05) is 49.7 Å². The molecule has 2 N–H and O–H groups in total. The van der Waals surface area contributed by atoms with Crippen molar-refractivity contribution in [2.45, 2.75) is 31.8 Å². The first-order valence-corrected chi connectivity index (χ1v) is 10.1. The zero-order chi connectivity index (χ0) is 20.2. The van der Waals surface area contributed by atoms with Crippen LogP contribution in [-0.4, -0.2) is 54.1 Å². The predicted octanol–water partition coefficient (Wildman–Crippen LogP) is 1.29. The molecular weight excluding hydrogens is 374 g/mol. The molecule has 0 radical (unpaired) electrons. The Bertz CT molecular complexity index is 913. The predicted molar refractivity (Wildman–Crippen MR) is 110 cm³/mol. The van der Waals surface area contributed by atoms with E-state index in [4.69, 9.17) is 9.47 Å². The van der Waals surface area contributed by atoms with Crippen LogP contribution in [0.2, 0.25) is 0 Å². The number of nitrogens with zero attached hydrogens (tertiary/aromatic N) is 3. The Kier molecular flexibility index (Phi) is 5.96. The van der Waals surface area contributed by atoms with Crippen LogP contribution in [0.5, 0.6) is 0 Å². The van der Waals surface area contributed by atoms with Crippen LogP contribution in [0.3, 0.4) is 0 Å². The number of rotatable bonds is 5.